The molecule has 4 rings (SSSR count). The number of esters is 2. The molecule has 0 spiro atoms. The molecule has 1 saturated heterocycles. The van der Waals surface area contributed by atoms with Crippen molar-refractivity contribution in [2.75, 3.05) is 40.5 Å². The summed E-state index contributed by atoms with van der Waals surface area (Å²) in [5.41, 5.74) is 1.52. The molecule has 2 heterocycles. The molecule has 0 N–H and O–H groups in total. The van der Waals surface area contributed by atoms with Crippen molar-refractivity contribution < 1.29 is 33.0 Å². The number of furan rings is 1. The zero-order valence-corrected chi connectivity index (χ0v) is 25.8. The fraction of sp³-hybridized carbons (Fsp3) is 0.485. The third-order valence-corrected chi connectivity index (χ3v) is 8.05. The summed E-state index contributed by atoms with van der Waals surface area (Å²) in [4.78, 5) is 40.2. The van der Waals surface area contributed by atoms with E-state index in [1.54, 1.807) is 42.5 Å². The Morgan fingerprint density at radius 2 is 1.60 bits per heavy atom. The van der Waals surface area contributed by atoms with E-state index in [2.05, 4.69) is 18.7 Å². The van der Waals surface area contributed by atoms with Gasteiger partial charge in [0.15, 0.2) is 5.78 Å². The van der Waals surface area contributed by atoms with Gasteiger partial charge < -0.3 is 23.5 Å². The molecule has 228 valence electrons. The van der Waals surface area contributed by atoms with Gasteiger partial charge in [-0.2, -0.15) is 0 Å². The summed E-state index contributed by atoms with van der Waals surface area (Å²) < 4.78 is 21.6. The number of benzene rings is 2. The first-order valence-corrected chi connectivity index (χ1v) is 14.6. The van der Waals surface area contributed by atoms with E-state index >= 15 is 0 Å². The lowest BCUT2D eigenvalue weighted by molar-refractivity contribution is -0.140. The number of hydrogen-bond donors (Lipinski definition) is 0. The minimum Gasteiger partial charge on any atom is -0.494 e. The molecule has 0 radical (unpaired) electrons. The largest absolute Gasteiger partial charge is 0.494 e. The van der Waals surface area contributed by atoms with E-state index in [4.69, 9.17) is 18.6 Å². The van der Waals surface area contributed by atoms with Crippen LogP contribution in [0.4, 0.5) is 0 Å². The van der Waals surface area contributed by atoms with Crippen molar-refractivity contribution >= 4 is 41.1 Å². The lowest BCUT2D eigenvalue weighted by Crippen LogP contribution is -2.41. The maximum atomic E-state index is 13.7. The van der Waals surface area contributed by atoms with E-state index in [9.17, 15) is 14.4 Å². The molecule has 0 aliphatic carbocycles. The first kappa shape index (κ1) is 33.1. The van der Waals surface area contributed by atoms with Crippen molar-refractivity contribution in [3.05, 3.63) is 64.9 Å². The number of ether oxygens (including phenoxy) is 3. The molecule has 3 aromatic rings. The van der Waals surface area contributed by atoms with Crippen molar-refractivity contribution in [1.82, 2.24) is 4.90 Å². The van der Waals surface area contributed by atoms with Gasteiger partial charge in [0.05, 0.1) is 38.4 Å². The highest BCUT2D eigenvalue weighted by Gasteiger charge is 2.26. The number of ketones is 1. The van der Waals surface area contributed by atoms with E-state index < -0.39 is 11.9 Å². The molecule has 9 heteroatoms. The van der Waals surface area contributed by atoms with Crippen molar-refractivity contribution in [3.63, 3.8) is 0 Å². The minimum absolute atomic E-state index is 0. The Labute approximate surface area is 254 Å². The van der Waals surface area contributed by atoms with Crippen LogP contribution < -0.4 is 4.74 Å². The van der Waals surface area contributed by atoms with Crippen molar-refractivity contribution in [2.45, 2.75) is 52.4 Å². The number of fused-ring (bicyclic) bond motifs is 1. The quantitative estimate of drug-likeness (QED) is 0.125. The third kappa shape index (κ3) is 8.13. The molecule has 1 aromatic heterocycles. The van der Waals surface area contributed by atoms with Crippen molar-refractivity contribution in [1.29, 1.82) is 0 Å². The number of carbonyl (C=O) groups is 3. The predicted octanol–water partition coefficient (Wildman–Crippen LogP) is 6.50. The number of aryl methyl sites for hydroxylation is 1. The first-order chi connectivity index (χ1) is 19.9. The highest BCUT2D eigenvalue weighted by Crippen LogP contribution is 2.31. The van der Waals surface area contributed by atoms with Crippen molar-refractivity contribution in [3.8, 4) is 5.75 Å². The molecular formula is C33H42ClNO7. The lowest BCUT2D eigenvalue weighted by Gasteiger charge is -2.37. The summed E-state index contributed by atoms with van der Waals surface area (Å²) in [5, 5.41) is 0.492. The van der Waals surface area contributed by atoms with Crippen LogP contribution in [0.5, 0.6) is 5.75 Å². The van der Waals surface area contributed by atoms with Gasteiger partial charge in [-0.1, -0.05) is 26.7 Å². The summed E-state index contributed by atoms with van der Waals surface area (Å²) in [6.07, 6.45) is 5.01. The summed E-state index contributed by atoms with van der Waals surface area (Å²) in [5.74, 6) is 1.47. The van der Waals surface area contributed by atoms with E-state index in [1.807, 2.05) is 0 Å². The van der Waals surface area contributed by atoms with E-state index in [0.29, 0.717) is 45.8 Å². The molecule has 8 nitrogen and oxygen atoms in total. The van der Waals surface area contributed by atoms with Crippen LogP contribution in [0.3, 0.4) is 0 Å². The molecule has 0 unspecified atom stereocenters. The Hall–Kier alpha value is -3.36. The highest BCUT2D eigenvalue weighted by molar-refractivity contribution is 6.17. The second kappa shape index (κ2) is 15.8. The van der Waals surface area contributed by atoms with Crippen LogP contribution in [0, 0.1) is 11.8 Å². The molecule has 1 aliphatic rings. The van der Waals surface area contributed by atoms with Gasteiger partial charge in [-0.25, -0.2) is 4.79 Å². The Morgan fingerprint density at radius 3 is 2.21 bits per heavy atom. The normalized spacial score (nSPS) is 17.0. The number of carbonyl (C=O) groups excluding carboxylic acids is 3. The summed E-state index contributed by atoms with van der Waals surface area (Å²) in [6, 6.07) is 11.9. The lowest BCUT2D eigenvalue weighted by atomic mass is 9.86. The van der Waals surface area contributed by atoms with Gasteiger partial charge in [0.1, 0.15) is 17.1 Å². The van der Waals surface area contributed by atoms with Crippen LogP contribution in [0.25, 0.3) is 11.0 Å². The first-order valence-electron chi connectivity index (χ1n) is 14.6. The summed E-state index contributed by atoms with van der Waals surface area (Å²) in [6.45, 7) is 8.56. The molecular weight excluding hydrogens is 558 g/mol. The Balaban J connectivity index is 0.00000484. The standard InChI is InChI=1S/C33H41NO7.ClH/c1-5-22-18-23(6-2)21-34(20-22)16-7-17-40-26-11-8-24(9-12-26)32(36)31-27-19-25(33(37)39-4)10-13-28(27)41-29(31)14-15-30(35)38-3;/h8-13,19,22-23H,5-7,14-18,20-21H2,1-4H3;1H/t22-,23+;. The maximum Gasteiger partial charge on any atom is 0.337 e. The SMILES string of the molecule is CC[C@@H]1C[C@H](CC)CN(CCCOc2ccc(C(=O)c3c(CCC(=O)OC)oc4ccc(C(=O)OC)cc34)cc2)C1.Cl. The maximum absolute atomic E-state index is 13.7. The Bertz CT molecular complexity index is 1340. The number of methoxy groups -OCH3 is 2. The molecule has 0 bridgehead atoms. The van der Waals surface area contributed by atoms with Gasteiger partial charge >= 0.3 is 11.9 Å². The van der Waals surface area contributed by atoms with Crippen LogP contribution in [-0.2, 0) is 20.7 Å². The van der Waals surface area contributed by atoms with E-state index in [0.717, 1.165) is 24.8 Å². The molecule has 2 aromatic carbocycles. The Morgan fingerprint density at radius 1 is 0.929 bits per heavy atom. The molecule has 1 fully saturated rings. The number of piperidine rings is 1. The molecule has 42 heavy (non-hydrogen) atoms. The average Bonchev–Trinajstić information content (AvgIpc) is 3.38. The number of halogens is 1. The van der Waals surface area contributed by atoms with Crippen LogP contribution in [0.2, 0.25) is 0 Å². The molecule has 1 aliphatic heterocycles. The van der Waals surface area contributed by atoms with Crippen LogP contribution in [0.1, 0.15) is 78.0 Å². The summed E-state index contributed by atoms with van der Waals surface area (Å²) >= 11 is 0. The topological polar surface area (TPSA) is 95.3 Å². The fourth-order valence-electron chi connectivity index (χ4n) is 5.66. The van der Waals surface area contributed by atoms with Gasteiger partial charge in [0, 0.05) is 37.0 Å². The zero-order chi connectivity index (χ0) is 29.4. The fourth-order valence-corrected chi connectivity index (χ4v) is 5.66. The third-order valence-electron chi connectivity index (χ3n) is 8.05. The van der Waals surface area contributed by atoms with Gasteiger partial charge in [0.2, 0.25) is 0 Å². The Kier molecular flexibility index (Phi) is 12.4. The van der Waals surface area contributed by atoms with Gasteiger partial charge in [0.25, 0.3) is 0 Å². The zero-order valence-electron chi connectivity index (χ0n) is 25.0. The second-order valence-corrected chi connectivity index (χ2v) is 10.8. The van der Waals surface area contributed by atoms with Crippen LogP contribution >= 0.6 is 12.4 Å². The number of nitrogens with zero attached hydrogens (tertiary/aromatic N) is 1. The average molecular weight is 600 g/mol. The van der Waals surface area contributed by atoms with Crippen molar-refractivity contribution in [2.24, 2.45) is 11.8 Å². The highest BCUT2D eigenvalue weighted by atomic mass is 35.5. The van der Waals surface area contributed by atoms with E-state index in [1.165, 1.54) is 46.6 Å². The number of likely N-dealkylation sites (tertiary alicyclic amines) is 1. The van der Waals surface area contributed by atoms with Crippen LogP contribution in [-0.4, -0.2) is 63.1 Å². The molecule has 2 atom stereocenters. The molecule has 0 saturated carbocycles. The summed E-state index contributed by atoms with van der Waals surface area (Å²) in [7, 11) is 2.62. The second-order valence-electron chi connectivity index (χ2n) is 10.8. The smallest absolute Gasteiger partial charge is 0.337 e. The number of hydrogen-bond acceptors (Lipinski definition) is 8. The number of rotatable bonds is 13. The van der Waals surface area contributed by atoms with Gasteiger partial charge in [-0.15, -0.1) is 12.4 Å². The monoisotopic (exact) mass is 599 g/mol. The van der Waals surface area contributed by atoms with E-state index in [-0.39, 0.29) is 31.0 Å². The molecule has 0 amide bonds. The predicted molar refractivity (Wildman–Crippen MR) is 164 cm³/mol. The van der Waals surface area contributed by atoms with Crippen LogP contribution in [0.15, 0.2) is 46.9 Å². The minimum atomic E-state index is -0.514. The van der Waals surface area contributed by atoms with Gasteiger partial charge in [-0.3, -0.25) is 9.59 Å². The van der Waals surface area contributed by atoms with Gasteiger partial charge in [-0.05, 0) is 67.1 Å².